The molecule has 98 valence electrons. The minimum Gasteiger partial charge on any atom is -0.495 e. The highest BCUT2D eigenvalue weighted by Crippen LogP contribution is 2.29. The molecule has 0 saturated carbocycles. The van der Waals surface area contributed by atoms with E-state index < -0.39 is 18.3 Å². The Morgan fingerprint density at radius 2 is 2.06 bits per heavy atom. The smallest absolute Gasteiger partial charge is 0.169 e. The molecule has 1 rings (SSSR count). The van der Waals surface area contributed by atoms with Crippen LogP contribution in [-0.4, -0.2) is 24.4 Å². The number of methoxy groups -OCH3 is 1. The maximum atomic E-state index is 9.37. The van der Waals surface area contributed by atoms with E-state index in [0.717, 1.165) is 0 Å². The fourth-order valence-electron chi connectivity index (χ4n) is 1.36. The van der Waals surface area contributed by atoms with Gasteiger partial charge in [0.05, 0.1) is 30.4 Å². The number of ether oxygens (including phenoxy) is 2. The molecule has 0 saturated heterocycles. The Hall–Kier alpha value is -1.28. The van der Waals surface area contributed by atoms with Gasteiger partial charge in [-0.1, -0.05) is 17.7 Å². The molecule has 0 bridgehead atoms. The average Bonchev–Trinajstić information content (AvgIpc) is 2.35. The third kappa shape index (κ3) is 3.61. The third-order valence-electron chi connectivity index (χ3n) is 2.63. The summed E-state index contributed by atoms with van der Waals surface area (Å²) in [5.41, 5.74) is 0.635. The highest BCUT2D eigenvalue weighted by molar-refractivity contribution is 6.32. The quantitative estimate of drug-likeness (QED) is 0.893. The number of aliphatic hydroxyl groups excluding tert-OH is 1. The summed E-state index contributed by atoms with van der Waals surface area (Å²) in [7, 11) is 1.52. The summed E-state index contributed by atoms with van der Waals surface area (Å²) in [5, 5.41) is 18.9. The molecule has 1 aromatic rings. The van der Waals surface area contributed by atoms with E-state index >= 15 is 0 Å². The van der Waals surface area contributed by atoms with Crippen LogP contribution in [-0.2, 0) is 4.74 Å². The molecule has 1 N–H and O–H groups in total. The van der Waals surface area contributed by atoms with Crippen molar-refractivity contribution >= 4 is 11.6 Å². The largest absolute Gasteiger partial charge is 0.495 e. The van der Waals surface area contributed by atoms with Crippen LogP contribution in [0.1, 0.15) is 25.5 Å². The van der Waals surface area contributed by atoms with E-state index in [-0.39, 0.29) is 0 Å². The first-order chi connectivity index (χ1) is 8.49. The number of hydrogen-bond donors (Lipinski definition) is 1. The SMILES string of the molecule is COc1ccc(C(C#N)OC(C)C(C)O)cc1Cl. The van der Waals surface area contributed by atoms with Crippen LogP contribution in [0.5, 0.6) is 5.75 Å². The second kappa shape index (κ2) is 6.60. The van der Waals surface area contributed by atoms with Gasteiger partial charge in [0, 0.05) is 0 Å². The Labute approximate surface area is 112 Å². The summed E-state index contributed by atoms with van der Waals surface area (Å²) in [5.74, 6) is 0.542. The number of benzene rings is 1. The lowest BCUT2D eigenvalue weighted by Gasteiger charge is -2.20. The Bertz CT molecular complexity index is 442. The summed E-state index contributed by atoms with van der Waals surface area (Å²) < 4.78 is 10.5. The molecule has 0 fully saturated rings. The van der Waals surface area contributed by atoms with Crippen molar-refractivity contribution in [2.45, 2.75) is 32.2 Å². The Balaban J connectivity index is 2.90. The van der Waals surface area contributed by atoms with E-state index in [1.54, 1.807) is 32.0 Å². The van der Waals surface area contributed by atoms with Crippen molar-refractivity contribution in [2.24, 2.45) is 0 Å². The van der Waals surface area contributed by atoms with Gasteiger partial charge < -0.3 is 14.6 Å². The van der Waals surface area contributed by atoms with Crippen LogP contribution in [0.3, 0.4) is 0 Å². The van der Waals surface area contributed by atoms with Gasteiger partial charge in [0.1, 0.15) is 5.75 Å². The van der Waals surface area contributed by atoms with Crippen molar-refractivity contribution in [3.05, 3.63) is 28.8 Å². The molecule has 0 aliphatic rings. The lowest BCUT2D eigenvalue weighted by Crippen LogP contribution is -2.24. The second-order valence-corrected chi connectivity index (χ2v) is 4.39. The number of nitriles is 1. The van der Waals surface area contributed by atoms with E-state index in [1.807, 2.05) is 6.07 Å². The maximum absolute atomic E-state index is 9.37. The summed E-state index contributed by atoms with van der Waals surface area (Å²) in [4.78, 5) is 0. The lowest BCUT2D eigenvalue weighted by molar-refractivity contribution is -0.0426. The molecule has 3 unspecified atom stereocenters. The number of aliphatic hydroxyl groups is 1. The molecule has 0 radical (unpaired) electrons. The van der Waals surface area contributed by atoms with E-state index in [4.69, 9.17) is 26.3 Å². The minimum atomic E-state index is -0.766. The zero-order valence-corrected chi connectivity index (χ0v) is 11.3. The van der Waals surface area contributed by atoms with Crippen molar-refractivity contribution in [3.63, 3.8) is 0 Å². The van der Waals surface area contributed by atoms with Crippen LogP contribution >= 0.6 is 11.6 Å². The van der Waals surface area contributed by atoms with Gasteiger partial charge in [-0.25, -0.2) is 0 Å². The monoisotopic (exact) mass is 269 g/mol. The van der Waals surface area contributed by atoms with Crippen molar-refractivity contribution in [1.82, 2.24) is 0 Å². The summed E-state index contributed by atoms with van der Waals surface area (Å²) in [6, 6.07) is 7.06. The van der Waals surface area contributed by atoms with Crippen LogP contribution in [0.2, 0.25) is 5.02 Å². The second-order valence-electron chi connectivity index (χ2n) is 3.98. The first kappa shape index (κ1) is 14.8. The third-order valence-corrected chi connectivity index (χ3v) is 2.92. The van der Waals surface area contributed by atoms with E-state index in [2.05, 4.69) is 0 Å². The predicted octanol–water partition coefficient (Wildman–Crippen LogP) is 2.70. The number of halogens is 1. The van der Waals surface area contributed by atoms with Gasteiger partial charge in [-0.2, -0.15) is 5.26 Å². The standard InChI is InChI=1S/C13H16ClNO3/c1-8(16)9(2)18-13(7-15)10-4-5-12(17-3)11(14)6-10/h4-6,8-9,13,16H,1-3H3. The topological polar surface area (TPSA) is 62.5 Å². The molecule has 0 spiro atoms. The molecule has 5 heteroatoms. The zero-order chi connectivity index (χ0) is 13.7. The van der Waals surface area contributed by atoms with Gasteiger partial charge in [0.15, 0.2) is 6.10 Å². The van der Waals surface area contributed by atoms with Gasteiger partial charge in [-0.15, -0.1) is 0 Å². The molecule has 4 nitrogen and oxygen atoms in total. The molecule has 0 aliphatic heterocycles. The van der Waals surface area contributed by atoms with Crippen LogP contribution in [0.25, 0.3) is 0 Å². The Morgan fingerprint density at radius 1 is 1.39 bits per heavy atom. The molecular formula is C13H16ClNO3. The van der Waals surface area contributed by atoms with Gasteiger partial charge in [-0.05, 0) is 31.5 Å². The highest BCUT2D eigenvalue weighted by Gasteiger charge is 2.19. The van der Waals surface area contributed by atoms with Crippen molar-refractivity contribution in [3.8, 4) is 11.8 Å². The zero-order valence-electron chi connectivity index (χ0n) is 10.6. The van der Waals surface area contributed by atoms with Gasteiger partial charge in [0.25, 0.3) is 0 Å². The lowest BCUT2D eigenvalue weighted by atomic mass is 10.1. The van der Waals surface area contributed by atoms with Crippen LogP contribution in [0.15, 0.2) is 18.2 Å². The molecule has 0 heterocycles. The van der Waals surface area contributed by atoms with Crippen LogP contribution in [0.4, 0.5) is 0 Å². The maximum Gasteiger partial charge on any atom is 0.169 e. The molecule has 0 aromatic heterocycles. The summed E-state index contributed by atoms with van der Waals surface area (Å²) >= 11 is 5.99. The van der Waals surface area contributed by atoms with E-state index in [1.165, 1.54) is 7.11 Å². The Kier molecular flexibility index (Phi) is 5.42. The van der Waals surface area contributed by atoms with Crippen molar-refractivity contribution in [2.75, 3.05) is 7.11 Å². The van der Waals surface area contributed by atoms with Crippen LogP contribution < -0.4 is 4.74 Å². The fraction of sp³-hybridized carbons (Fsp3) is 0.462. The fourth-order valence-corrected chi connectivity index (χ4v) is 1.62. The number of hydrogen-bond acceptors (Lipinski definition) is 4. The molecular weight excluding hydrogens is 254 g/mol. The van der Waals surface area contributed by atoms with Gasteiger partial charge >= 0.3 is 0 Å². The van der Waals surface area contributed by atoms with Gasteiger partial charge in [-0.3, -0.25) is 0 Å². The minimum absolute atomic E-state index is 0.420. The normalized spacial score (nSPS) is 15.6. The van der Waals surface area contributed by atoms with Crippen molar-refractivity contribution in [1.29, 1.82) is 5.26 Å². The molecule has 1 aromatic carbocycles. The predicted molar refractivity (Wildman–Crippen MR) is 68.6 cm³/mol. The summed E-state index contributed by atoms with van der Waals surface area (Å²) in [6.45, 7) is 3.32. The van der Waals surface area contributed by atoms with Crippen LogP contribution in [0, 0.1) is 11.3 Å². The first-order valence-corrected chi connectivity index (χ1v) is 5.94. The molecule has 18 heavy (non-hydrogen) atoms. The van der Waals surface area contributed by atoms with E-state index in [0.29, 0.717) is 16.3 Å². The highest BCUT2D eigenvalue weighted by atomic mass is 35.5. The van der Waals surface area contributed by atoms with E-state index in [9.17, 15) is 5.11 Å². The summed E-state index contributed by atoms with van der Waals surface area (Å²) in [6.07, 6.45) is -1.84. The number of rotatable bonds is 5. The first-order valence-electron chi connectivity index (χ1n) is 5.56. The molecule has 0 aliphatic carbocycles. The molecule has 3 atom stereocenters. The Morgan fingerprint density at radius 3 is 2.50 bits per heavy atom. The van der Waals surface area contributed by atoms with Gasteiger partial charge in [0.2, 0.25) is 0 Å². The average molecular weight is 270 g/mol. The number of nitrogens with zero attached hydrogens (tertiary/aromatic N) is 1. The molecule has 0 amide bonds. The van der Waals surface area contributed by atoms with Crippen molar-refractivity contribution < 1.29 is 14.6 Å².